The molecule has 3 rings (SSSR count). The van der Waals surface area contributed by atoms with Gasteiger partial charge in [-0.1, -0.05) is 48.5 Å². The highest BCUT2D eigenvalue weighted by atomic mass is 16.5. The van der Waals surface area contributed by atoms with Crippen molar-refractivity contribution in [3.63, 3.8) is 0 Å². The lowest BCUT2D eigenvalue weighted by atomic mass is 10.1. The minimum absolute atomic E-state index is 0.0433. The van der Waals surface area contributed by atoms with E-state index in [2.05, 4.69) is 10.6 Å². The van der Waals surface area contributed by atoms with E-state index < -0.39 is 5.91 Å². The normalized spacial score (nSPS) is 10.6. The van der Waals surface area contributed by atoms with Crippen LogP contribution in [-0.2, 0) is 16.1 Å². The van der Waals surface area contributed by atoms with Gasteiger partial charge in [-0.15, -0.1) is 0 Å². The second kappa shape index (κ2) is 13.2. The Morgan fingerprint density at radius 1 is 0.944 bits per heavy atom. The predicted octanol–water partition coefficient (Wildman–Crippen LogP) is 4.33. The van der Waals surface area contributed by atoms with Crippen molar-refractivity contribution in [1.82, 2.24) is 5.32 Å². The zero-order valence-corrected chi connectivity index (χ0v) is 20.1. The van der Waals surface area contributed by atoms with Crippen molar-refractivity contribution in [3.8, 4) is 23.3 Å². The highest BCUT2D eigenvalue weighted by Gasteiger charge is 2.13. The molecule has 0 saturated carbocycles. The lowest BCUT2D eigenvalue weighted by Gasteiger charge is -2.14. The number of methoxy groups -OCH3 is 1. The molecule has 2 N–H and O–H groups in total. The number of rotatable bonds is 11. The second-order valence-corrected chi connectivity index (χ2v) is 7.51. The summed E-state index contributed by atoms with van der Waals surface area (Å²) >= 11 is 0. The van der Waals surface area contributed by atoms with Gasteiger partial charge in [-0.2, -0.15) is 5.26 Å². The maximum atomic E-state index is 12.5. The number of carbonyl (C=O) groups is 2. The lowest BCUT2D eigenvalue weighted by molar-refractivity contribution is -0.118. The topological polar surface area (TPSA) is 110 Å². The number of benzene rings is 3. The lowest BCUT2D eigenvalue weighted by Crippen LogP contribution is -2.23. The summed E-state index contributed by atoms with van der Waals surface area (Å²) in [5, 5.41) is 15.0. The third-order valence-corrected chi connectivity index (χ3v) is 4.98. The van der Waals surface area contributed by atoms with Gasteiger partial charge in [0, 0.05) is 6.54 Å². The first-order valence-corrected chi connectivity index (χ1v) is 11.3. The number of anilines is 1. The van der Waals surface area contributed by atoms with Crippen molar-refractivity contribution >= 4 is 23.6 Å². The molecule has 2 amide bonds. The molecule has 0 aliphatic heterocycles. The van der Waals surface area contributed by atoms with Crippen molar-refractivity contribution in [2.45, 2.75) is 13.5 Å². The van der Waals surface area contributed by atoms with Crippen LogP contribution in [0.4, 0.5) is 5.69 Å². The Kier molecular flexibility index (Phi) is 9.48. The Morgan fingerprint density at radius 3 is 2.42 bits per heavy atom. The fourth-order valence-electron chi connectivity index (χ4n) is 3.27. The Hall–Kier alpha value is -4.77. The van der Waals surface area contributed by atoms with Crippen LogP contribution in [0.15, 0.2) is 78.4 Å². The van der Waals surface area contributed by atoms with Gasteiger partial charge in [0.1, 0.15) is 17.4 Å². The van der Waals surface area contributed by atoms with Crippen LogP contribution in [-0.4, -0.2) is 32.1 Å². The zero-order chi connectivity index (χ0) is 25.8. The summed E-state index contributed by atoms with van der Waals surface area (Å²) in [5.41, 5.74) is 2.00. The highest BCUT2D eigenvalue weighted by molar-refractivity contribution is 6.01. The van der Waals surface area contributed by atoms with Crippen molar-refractivity contribution in [2.24, 2.45) is 0 Å². The van der Waals surface area contributed by atoms with Crippen LogP contribution in [0.25, 0.3) is 6.08 Å². The second-order valence-electron chi connectivity index (χ2n) is 7.51. The van der Waals surface area contributed by atoms with Gasteiger partial charge in [-0.25, -0.2) is 0 Å². The Bertz CT molecular complexity index is 1270. The fraction of sp³-hybridized carbons (Fsp3) is 0.179. The number of ether oxygens (including phenoxy) is 3. The summed E-state index contributed by atoms with van der Waals surface area (Å²) in [6.07, 6.45) is 1.47. The summed E-state index contributed by atoms with van der Waals surface area (Å²) in [5.74, 6) is 0.438. The number of nitrogens with zero attached hydrogens (tertiary/aromatic N) is 1. The van der Waals surface area contributed by atoms with Crippen molar-refractivity contribution in [2.75, 3.05) is 25.6 Å². The standard InChI is InChI=1S/C28H27N3O5/c1-3-35-26-16-21(15-22(17-29)28(33)30-18-20-9-5-4-6-10-20)13-14-25(26)36-19-27(32)31-23-11-7-8-12-24(23)34-2/h4-16H,3,18-19H2,1-2H3,(H,30,33)(H,31,32). The van der Waals surface area contributed by atoms with Gasteiger partial charge in [-0.05, 0) is 48.4 Å². The largest absolute Gasteiger partial charge is 0.495 e. The number of nitriles is 1. The van der Waals surface area contributed by atoms with Crippen LogP contribution in [0, 0.1) is 11.3 Å². The highest BCUT2D eigenvalue weighted by Crippen LogP contribution is 2.30. The first-order chi connectivity index (χ1) is 17.5. The van der Waals surface area contributed by atoms with E-state index in [4.69, 9.17) is 14.2 Å². The molecule has 0 radical (unpaired) electrons. The molecule has 8 heteroatoms. The van der Waals surface area contributed by atoms with Gasteiger partial charge < -0.3 is 24.8 Å². The zero-order valence-electron chi connectivity index (χ0n) is 20.1. The van der Waals surface area contributed by atoms with E-state index >= 15 is 0 Å². The fourth-order valence-corrected chi connectivity index (χ4v) is 3.27. The SMILES string of the molecule is CCOc1cc(C=C(C#N)C(=O)NCc2ccccc2)ccc1OCC(=O)Nc1ccccc1OC. The molecule has 3 aromatic carbocycles. The van der Waals surface area contributed by atoms with E-state index in [9.17, 15) is 14.9 Å². The van der Waals surface area contributed by atoms with E-state index in [0.29, 0.717) is 41.7 Å². The molecule has 0 aromatic heterocycles. The van der Waals surface area contributed by atoms with Crippen LogP contribution in [0.1, 0.15) is 18.1 Å². The van der Waals surface area contributed by atoms with Crippen LogP contribution < -0.4 is 24.8 Å². The Morgan fingerprint density at radius 2 is 1.69 bits per heavy atom. The molecule has 8 nitrogen and oxygen atoms in total. The number of amides is 2. The quantitative estimate of drug-likeness (QED) is 0.309. The van der Waals surface area contributed by atoms with E-state index in [1.165, 1.54) is 13.2 Å². The van der Waals surface area contributed by atoms with E-state index in [-0.39, 0.29) is 18.1 Å². The smallest absolute Gasteiger partial charge is 0.262 e. The molecule has 0 fully saturated rings. The average molecular weight is 486 g/mol. The van der Waals surface area contributed by atoms with E-state index in [0.717, 1.165) is 5.56 Å². The molecule has 3 aromatic rings. The molecule has 0 bridgehead atoms. The third kappa shape index (κ3) is 7.37. The van der Waals surface area contributed by atoms with Crippen molar-refractivity contribution in [1.29, 1.82) is 5.26 Å². The van der Waals surface area contributed by atoms with Crippen LogP contribution >= 0.6 is 0 Å². The molecule has 0 aliphatic carbocycles. The van der Waals surface area contributed by atoms with E-state index in [1.54, 1.807) is 42.5 Å². The number of hydrogen-bond acceptors (Lipinski definition) is 6. The van der Waals surface area contributed by atoms with Gasteiger partial charge in [0.05, 0.1) is 19.4 Å². The number of para-hydroxylation sites is 2. The summed E-state index contributed by atoms with van der Waals surface area (Å²) < 4.78 is 16.6. The Balaban J connectivity index is 1.67. The van der Waals surface area contributed by atoms with Gasteiger partial charge in [0.25, 0.3) is 11.8 Å². The molecule has 0 saturated heterocycles. The molecule has 0 heterocycles. The number of hydrogen-bond donors (Lipinski definition) is 2. The van der Waals surface area contributed by atoms with Gasteiger partial charge in [-0.3, -0.25) is 9.59 Å². The van der Waals surface area contributed by atoms with Crippen LogP contribution in [0.2, 0.25) is 0 Å². The summed E-state index contributed by atoms with van der Waals surface area (Å²) in [7, 11) is 1.52. The summed E-state index contributed by atoms with van der Waals surface area (Å²) in [6, 6.07) is 23.4. The van der Waals surface area contributed by atoms with Gasteiger partial charge >= 0.3 is 0 Å². The van der Waals surface area contributed by atoms with Crippen LogP contribution in [0.3, 0.4) is 0 Å². The molecule has 0 unspecified atom stereocenters. The molecule has 0 atom stereocenters. The molecule has 0 aliphatic rings. The molecule has 0 spiro atoms. The van der Waals surface area contributed by atoms with Gasteiger partial charge in [0.2, 0.25) is 0 Å². The minimum Gasteiger partial charge on any atom is -0.495 e. The summed E-state index contributed by atoms with van der Waals surface area (Å²) in [6.45, 7) is 2.24. The van der Waals surface area contributed by atoms with Gasteiger partial charge in [0.15, 0.2) is 18.1 Å². The molecule has 36 heavy (non-hydrogen) atoms. The first kappa shape index (κ1) is 25.8. The van der Waals surface area contributed by atoms with Crippen molar-refractivity contribution < 1.29 is 23.8 Å². The number of carbonyl (C=O) groups excluding carboxylic acids is 2. The average Bonchev–Trinajstić information content (AvgIpc) is 2.91. The first-order valence-electron chi connectivity index (χ1n) is 11.3. The monoisotopic (exact) mass is 485 g/mol. The summed E-state index contributed by atoms with van der Waals surface area (Å²) in [4.78, 5) is 24.9. The maximum absolute atomic E-state index is 12.5. The Labute approximate surface area is 210 Å². The maximum Gasteiger partial charge on any atom is 0.262 e. The molecular weight excluding hydrogens is 458 g/mol. The third-order valence-electron chi connectivity index (χ3n) is 4.98. The van der Waals surface area contributed by atoms with E-state index in [1.807, 2.05) is 43.3 Å². The predicted molar refractivity (Wildman–Crippen MR) is 137 cm³/mol. The molecular formula is C28H27N3O5. The van der Waals surface area contributed by atoms with Crippen molar-refractivity contribution in [3.05, 3.63) is 89.5 Å². The minimum atomic E-state index is -0.479. The molecule has 184 valence electrons. The number of nitrogens with one attached hydrogen (secondary N) is 2. The van der Waals surface area contributed by atoms with Crippen LogP contribution in [0.5, 0.6) is 17.2 Å².